The largest absolute Gasteiger partial charge is 0.368 e. The second-order valence-corrected chi connectivity index (χ2v) is 4.84. The molecular weight excluding hydrogens is 196 g/mol. The molecule has 0 spiro atoms. The van der Waals surface area contributed by atoms with Crippen molar-refractivity contribution in [2.75, 3.05) is 18.5 Å². The molecule has 1 aliphatic rings. The van der Waals surface area contributed by atoms with Crippen LogP contribution >= 0.6 is 0 Å². The number of nitrogens with one attached hydrogen (secondary N) is 1. The zero-order chi connectivity index (χ0) is 11.5. The van der Waals surface area contributed by atoms with Crippen LogP contribution in [-0.4, -0.2) is 25.7 Å². The van der Waals surface area contributed by atoms with E-state index in [0.717, 1.165) is 6.54 Å². The molecule has 2 heteroatoms. The maximum Gasteiger partial charge on any atom is 0.0398 e. The molecule has 2 atom stereocenters. The Morgan fingerprint density at radius 1 is 1.31 bits per heavy atom. The Morgan fingerprint density at radius 2 is 2.06 bits per heavy atom. The Morgan fingerprint density at radius 3 is 2.69 bits per heavy atom. The van der Waals surface area contributed by atoms with Gasteiger partial charge in [-0.15, -0.1) is 0 Å². The third-order valence-corrected chi connectivity index (χ3v) is 3.71. The van der Waals surface area contributed by atoms with Gasteiger partial charge in [0.25, 0.3) is 0 Å². The van der Waals surface area contributed by atoms with Crippen LogP contribution in [-0.2, 0) is 0 Å². The standard InChI is InChI=1S/C14H22N2/c1-11-6-4-5-7-14(11)16-9-8-13(15-3)10-12(16)2/h4-7,12-13,15H,8-10H2,1-3H3. The molecule has 0 aliphatic carbocycles. The van der Waals surface area contributed by atoms with Gasteiger partial charge in [-0.2, -0.15) is 0 Å². The molecule has 0 aromatic heterocycles. The Bertz CT molecular complexity index is 348. The van der Waals surface area contributed by atoms with Gasteiger partial charge >= 0.3 is 0 Å². The highest BCUT2D eigenvalue weighted by Gasteiger charge is 2.24. The van der Waals surface area contributed by atoms with Crippen LogP contribution in [0.5, 0.6) is 0 Å². The molecule has 1 heterocycles. The number of hydrogen-bond acceptors (Lipinski definition) is 2. The summed E-state index contributed by atoms with van der Waals surface area (Å²) in [4.78, 5) is 2.54. The van der Waals surface area contributed by atoms with E-state index in [0.29, 0.717) is 12.1 Å². The van der Waals surface area contributed by atoms with E-state index in [2.05, 4.69) is 55.4 Å². The van der Waals surface area contributed by atoms with Crippen LogP contribution in [0.25, 0.3) is 0 Å². The van der Waals surface area contributed by atoms with Crippen molar-refractivity contribution in [1.29, 1.82) is 0 Å². The summed E-state index contributed by atoms with van der Waals surface area (Å²) in [6, 6.07) is 10.0. The van der Waals surface area contributed by atoms with Crippen molar-refractivity contribution in [1.82, 2.24) is 5.32 Å². The third-order valence-electron chi connectivity index (χ3n) is 3.71. The van der Waals surface area contributed by atoms with Gasteiger partial charge in [-0.05, 0) is 45.4 Å². The van der Waals surface area contributed by atoms with Crippen LogP contribution in [0.2, 0.25) is 0 Å². The summed E-state index contributed by atoms with van der Waals surface area (Å²) in [7, 11) is 2.07. The topological polar surface area (TPSA) is 15.3 Å². The molecule has 2 unspecified atom stereocenters. The summed E-state index contributed by atoms with van der Waals surface area (Å²) >= 11 is 0. The van der Waals surface area contributed by atoms with Crippen LogP contribution in [0.4, 0.5) is 5.69 Å². The van der Waals surface area contributed by atoms with E-state index in [-0.39, 0.29) is 0 Å². The Labute approximate surface area is 98.7 Å². The molecule has 1 aliphatic heterocycles. The van der Waals surface area contributed by atoms with Crippen molar-refractivity contribution >= 4 is 5.69 Å². The van der Waals surface area contributed by atoms with Crippen molar-refractivity contribution in [2.24, 2.45) is 0 Å². The molecule has 1 saturated heterocycles. The number of aryl methyl sites for hydroxylation is 1. The molecule has 0 radical (unpaired) electrons. The van der Waals surface area contributed by atoms with Crippen LogP contribution in [0.3, 0.4) is 0 Å². The van der Waals surface area contributed by atoms with E-state index >= 15 is 0 Å². The molecule has 2 nitrogen and oxygen atoms in total. The lowest BCUT2D eigenvalue weighted by atomic mass is 9.97. The minimum absolute atomic E-state index is 0.632. The van der Waals surface area contributed by atoms with Gasteiger partial charge in [-0.3, -0.25) is 0 Å². The number of benzene rings is 1. The molecule has 0 amide bonds. The summed E-state index contributed by atoms with van der Waals surface area (Å²) in [5.41, 5.74) is 2.79. The molecule has 0 saturated carbocycles. The lowest BCUT2D eigenvalue weighted by Gasteiger charge is -2.40. The number of para-hydroxylation sites is 1. The SMILES string of the molecule is CNC1CCN(c2ccccc2C)C(C)C1. The number of hydrogen-bond donors (Lipinski definition) is 1. The smallest absolute Gasteiger partial charge is 0.0398 e. The first-order valence-electron chi connectivity index (χ1n) is 6.22. The normalized spacial score (nSPS) is 25.8. The second-order valence-electron chi connectivity index (χ2n) is 4.84. The van der Waals surface area contributed by atoms with E-state index in [9.17, 15) is 0 Å². The number of anilines is 1. The van der Waals surface area contributed by atoms with E-state index in [1.54, 1.807) is 0 Å². The highest BCUT2D eigenvalue weighted by molar-refractivity contribution is 5.54. The van der Waals surface area contributed by atoms with Crippen LogP contribution in [0.1, 0.15) is 25.3 Å². The molecule has 88 valence electrons. The molecule has 2 rings (SSSR count). The molecule has 16 heavy (non-hydrogen) atoms. The maximum absolute atomic E-state index is 3.39. The first-order valence-corrected chi connectivity index (χ1v) is 6.22. The fourth-order valence-corrected chi connectivity index (χ4v) is 2.68. The van der Waals surface area contributed by atoms with Gasteiger partial charge in [-0.25, -0.2) is 0 Å². The van der Waals surface area contributed by atoms with Crippen molar-refractivity contribution in [2.45, 2.75) is 38.8 Å². The molecular formula is C14H22N2. The molecule has 1 aromatic rings. The lowest BCUT2D eigenvalue weighted by molar-refractivity contribution is 0.387. The van der Waals surface area contributed by atoms with Gasteiger partial charge in [0.1, 0.15) is 0 Å². The van der Waals surface area contributed by atoms with Crippen molar-refractivity contribution < 1.29 is 0 Å². The van der Waals surface area contributed by atoms with Crippen LogP contribution in [0.15, 0.2) is 24.3 Å². The quantitative estimate of drug-likeness (QED) is 0.820. The van der Waals surface area contributed by atoms with Gasteiger partial charge in [0.05, 0.1) is 0 Å². The highest BCUT2D eigenvalue weighted by Crippen LogP contribution is 2.27. The second kappa shape index (κ2) is 4.88. The Kier molecular flexibility index (Phi) is 3.49. The summed E-state index contributed by atoms with van der Waals surface area (Å²) in [5.74, 6) is 0. The summed E-state index contributed by atoms with van der Waals surface area (Å²) < 4.78 is 0. The fourth-order valence-electron chi connectivity index (χ4n) is 2.68. The minimum Gasteiger partial charge on any atom is -0.368 e. The third kappa shape index (κ3) is 2.22. The van der Waals surface area contributed by atoms with E-state index in [1.165, 1.54) is 24.1 Å². The zero-order valence-electron chi connectivity index (χ0n) is 10.5. The monoisotopic (exact) mass is 218 g/mol. The fraction of sp³-hybridized carbons (Fsp3) is 0.571. The summed E-state index contributed by atoms with van der Waals surface area (Å²) in [5, 5.41) is 3.39. The first kappa shape index (κ1) is 11.5. The van der Waals surface area contributed by atoms with Crippen molar-refractivity contribution in [3.63, 3.8) is 0 Å². The number of piperidine rings is 1. The van der Waals surface area contributed by atoms with E-state index < -0.39 is 0 Å². The summed E-state index contributed by atoms with van der Waals surface area (Å²) in [6.45, 7) is 5.69. The average Bonchev–Trinajstić information content (AvgIpc) is 2.30. The predicted molar refractivity (Wildman–Crippen MR) is 70.1 cm³/mol. The molecule has 1 fully saturated rings. The number of rotatable bonds is 2. The van der Waals surface area contributed by atoms with E-state index in [4.69, 9.17) is 0 Å². The summed E-state index contributed by atoms with van der Waals surface area (Å²) in [6.07, 6.45) is 2.49. The highest BCUT2D eigenvalue weighted by atomic mass is 15.2. The van der Waals surface area contributed by atoms with Gasteiger partial charge < -0.3 is 10.2 Å². The predicted octanol–water partition coefficient (Wildman–Crippen LogP) is 2.57. The molecule has 1 aromatic carbocycles. The van der Waals surface area contributed by atoms with Crippen LogP contribution in [0, 0.1) is 6.92 Å². The van der Waals surface area contributed by atoms with Crippen molar-refractivity contribution in [3.05, 3.63) is 29.8 Å². The van der Waals surface area contributed by atoms with Gasteiger partial charge in [0, 0.05) is 24.3 Å². The maximum atomic E-state index is 3.39. The minimum atomic E-state index is 0.632. The van der Waals surface area contributed by atoms with Gasteiger partial charge in [0.15, 0.2) is 0 Å². The van der Waals surface area contributed by atoms with Crippen molar-refractivity contribution in [3.8, 4) is 0 Å². The molecule has 0 bridgehead atoms. The number of nitrogens with zero attached hydrogens (tertiary/aromatic N) is 1. The Balaban J connectivity index is 2.14. The zero-order valence-corrected chi connectivity index (χ0v) is 10.5. The van der Waals surface area contributed by atoms with Gasteiger partial charge in [-0.1, -0.05) is 18.2 Å². The van der Waals surface area contributed by atoms with Gasteiger partial charge in [0.2, 0.25) is 0 Å². The van der Waals surface area contributed by atoms with E-state index in [1.807, 2.05) is 0 Å². The Hall–Kier alpha value is -1.02. The first-order chi connectivity index (χ1) is 7.72. The lowest BCUT2D eigenvalue weighted by Crippen LogP contribution is -2.46. The molecule has 1 N–H and O–H groups in total. The van der Waals surface area contributed by atoms with Crippen LogP contribution < -0.4 is 10.2 Å². The average molecular weight is 218 g/mol.